The molecule has 0 atom stereocenters. The molecule has 0 radical (unpaired) electrons. The van der Waals surface area contributed by atoms with Gasteiger partial charge in [0, 0.05) is 0 Å². The van der Waals surface area contributed by atoms with Crippen molar-refractivity contribution in [2.75, 3.05) is 0 Å². The number of fused-ring (bicyclic) bond motifs is 1. The van der Waals surface area contributed by atoms with Crippen molar-refractivity contribution in [2.45, 2.75) is 13.1 Å². The summed E-state index contributed by atoms with van der Waals surface area (Å²) < 4.78 is 10.7. The molecular weight excluding hydrogens is 324 g/mol. The minimum Gasteiger partial charge on any atom is -0.467 e. The Morgan fingerprint density at radius 2 is 1.68 bits per heavy atom. The van der Waals surface area contributed by atoms with Gasteiger partial charge in [0.15, 0.2) is 5.65 Å². The standard InChI is InChI=1S/C17H14N4O4/c22-16(14-6-5-13-15(18-14)20-17(23)19-13)21(9-11-3-1-7-24-11)10-12-4-2-8-25-12/h1-8H,9-10H2,(H2,18,19,20,23). The fraction of sp³-hybridized carbons (Fsp3) is 0.118. The first kappa shape index (κ1) is 15.0. The van der Waals surface area contributed by atoms with E-state index in [0.29, 0.717) is 22.7 Å². The first-order chi connectivity index (χ1) is 12.2. The Kier molecular flexibility index (Phi) is 3.70. The maximum Gasteiger partial charge on any atom is 0.325 e. The zero-order valence-corrected chi connectivity index (χ0v) is 13.1. The van der Waals surface area contributed by atoms with Crippen LogP contribution in [0.1, 0.15) is 22.0 Å². The highest BCUT2D eigenvalue weighted by atomic mass is 16.3. The summed E-state index contributed by atoms with van der Waals surface area (Å²) in [5.41, 5.74) is 0.743. The van der Waals surface area contributed by atoms with Crippen LogP contribution in [0, 0.1) is 0 Å². The lowest BCUT2D eigenvalue weighted by Crippen LogP contribution is -2.30. The topological polar surface area (TPSA) is 108 Å². The van der Waals surface area contributed by atoms with Gasteiger partial charge in [-0.2, -0.15) is 0 Å². The van der Waals surface area contributed by atoms with Crippen molar-refractivity contribution in [2.24, 2.45) is 0 Å². The normalized spacial score (nSPS) is 11.0. The second-order valence-electron chi connectivity index (χ2n) is 5.49. The van der Waals surface area contributed by atoms with Gasteiger partial charge >= 0.3 is 5.69 Å². The van der Waals surface area contributed by atoms with Crippen LogP contribution in [0.25, 0.3) is 11.2 Å². The Hall–Kier alpha value is -3.55. The molecule has 4 aromatic rings. The molecule has 8 nitrogen and oxygen atoms in total. The molecule has 0 saturated carbocycles. The molecule has 2 N–H and O–H groups in total. The molecule has 0 saturated heterocycles. The Balaban J connectivity index is 1.65. The lowest BCUT2D eigenvalue weighted by molar-refractivity contribution is 0.0699. The maximum atomic E-state index is 12.9. The molecule has 1 amide bonds. The molecule has 0 aromatic carbocycles. The first-order valence-electron chi connectivity index (χ1n) is 7.62. The number of hydrogen-bond donors (Lipinski definition) is 2. The quantitative estimate of drug-likeness (QED) is 0.580. The number of imidazole rings is 1. The monoisotopic (exact) mass is 338 g/mol. The van der Waals surface area contributed by atoms with Gasteiger partial charge in [-0.15, -0.1) is 0 Å². The Labute approximate surface area is 141 Å². The van der Waals surface area contributed by atoms with Crippen molar-refractivity contribution >= 4 is 17.1 Å². The summed E-state index contributed by atoms with van der Waals surface area (Å²) in [4.78, 5) is 35.2. The van der Waals surface area contributed by atoms with E-state index in [2.05, 4.69) is 15.0 Å². The van der Waals surface area contributed by atoms with E-state index in [-0.39, 0.29) is 30.4 Å². The summed E-state index contributed by atoms with van der Waals surface area (Å²) in [6.07, 6.45) is 3.11. The summed E-state index contributed by atoms with van der Waals surface area (Å²) in [7, 11) is 0. The molecule has 0 fully saturated rings. The van der Waals surface area contributed by atoms with Crippen LogP contribution in [0.4, 0.5) is 0 Å². The van der Waals surface area contributed by atoms with Gasteiger partial charge in [0.25, 0.3) is 5.91 Å². The summed E-state index contributed by atoms with van der Waals surface area (Å²) >= 11 is 0. The molecule has 126 valence electrons. The highest BCUT2D eigenvalue weighted by Crippen LogP contribution is 2.15. The van der Waals surface area contributed by atoms with Gasteiger partial charge in [-0.3, -0.25) is 9.78 Å². The third-order valence-electron chi connectivity index (χ3n) is 3.74. The van der Waals surface area contributed by atoms with Crippen LogP contribution in [0.3, 0.4) is 0 Å². The van der Waals surface area contributed by atoms with Crippen molar-refractivity contribution in [3.8, 4) is 0 Å². The number of carbonyl (C=O) groups is 1. The molecule has 0 aliphatic rings. The van der Waals surface area contributed by atoms with E-state index in [1.165, 1.54) is 0 Å². The highest BCUT2D eigenvalue weighted by Gasteiger charge is 2.20. The highest BCUT2D eigenvalue weighted by molar-refractivity contribution is 5.94. The molecule has 0 unspecified atom stereocenters. The molecule has 8 heteroatoms. The van der Waals surface area contributed by atoms with Crippen molar-refractivity contribution < 1.29 is 13.6 Å². The third kappa shape index (κ3) is 3.09. The number of amides is 1. The van der Waals surface area contributed by atoms with Crippen LogP contribution in [0.5, 0.6) is 0 Å². The van der Waals surface area contributed by atoms with Crippen molar-refractivity contribution in [1.82, 2.24) is 19.9 Å². The lowest BCUT2D eigenvalue weighted by atomic mass is 10.2. The van der Waals surface area contributed by atoms with Gasteiger partial charge in [0.1, 0.15) is 17.2 Å². The molecule has 0 aliphatic carbocycles. The number of nitrogens with zero attached hydrogens (tertiary/aromatic N) is 2. The Morgan fingerprint density at radius 3 is 2.28 bits per heavy atom. The number of aromatic amines is 2. The van der Waals surface area contributed by atoms with Gasteiger partial charge in [0.05, 0.1) is 31.1 Å². The van der Waals surface area contributed by atoms with Crippen LogP contribution < -0.4 is 5.69 Å². The largest absolute Gasteiger partial charge is 0.467 e. The Morgan fingerprint density at radius 1 is 1.00 bits per heavy atom. The molecule has 4 aromatic heterocycles. The van der Waals surface area contributed by atoms with Crippen LogP contribution in [-0.4, -0.2) is 25.8 Å². The number of nitrogens with one attached hydrogen (secondary N) is 2. The Bertz CT molecular complexity index is 1010. The number of carbonyl (C=O) groups excluding carboxylic acids is 1. The lowest BCUT2D eigenvalue weighted by Gasteiger charge is -2.20. The van der Waals surface area contributed by atoms with Crippen LogP contribution >= 0.6 is 0 Å². The van der Waals surface area contributed by atoms with Gasteiger partial charge < -0.3 is 18.7 Å². The molecule has 4 heterocycles. The average Bonchev–Trinajstić information content (AvgIpc) is 3.34. The molecular formula is C17H14N4O4. The third-order valence-corrected chi connectivity index (χ3v) is 3.74. The van der Waals surface area contributed by atoms with Gasteiger partial charge in [-0.25, -0.2) is 9.78 Å². The van der Waals surface area contributed by atoms with Crippen LogP contribution in [0.2, 0.25) is 0 Å². The predicted molar refractivity (Wildman–Crippen MR) is 87.7 cm³/mol. The van der Waals surface area contributed by atoms with Gasteiger partial charge in [0.2, 0.25) is 0 Å². The number of aromatic nitrogens is 3. The second kappa shape index (κ2) is 6.16. The van der Waals surface area contributed by atoms with E-state index in [9.17, 15) is 9.59 Å². The van der Waals surface area contributed by atoms with E-state index in [1.807, 2.05) is 0 Å². The first-order valence-corrected chi connectivity index (χ1v) is 7.62. The molecule has 0 aliphatic heterocycles. The number of rotatable bonds is 5. The summed E-state index contributed by atoms with van der Waals surface area (Å²) in [5.74, 6) is 1.00. The second-order valence-corrected chi connectivity index (χ2v) is 5.49. The predicted octanol–water partition coefficient (Wildman–Crippen LogP) is 2.28. The fourth-order valence-electron chi connectivity index (χ4n) is 2.58. The smallest absolute Gasteiger partial charge is 0.325 e. The number of furan rings is 2. The summed E-state index contributed by atoms with van der Waals surface area (Å²) in [5, 5.41) is 0. The zero-order chi connectivity index (χ0) is 17.2. The molecule has 25 heavy (non-hydrogen) atoms. The fourth-order valence-corrected chi connectivity index (χ4v) is 2.58. The van der Waals surface area contributed by atoms with Crippen LogP contribution in [0.15, 0.2) is 62.6 Å². The van der Waals surface area contributed by atoms with Crippen LogP contribution in [-0.2, 0) is 13.1 Å². The average molecular weight is 338 g/mol. The zero-order valence-electron chi connectivity index (χ0n) is 13.1. The molecule has 4 rings (SSSR count). The SMILES string of the molecule is O=C(c1ccc2[nH]c(=O)[nH]c2n1)N(Cc1ccco1)Cc1ccco1. The summed E-state index contributed by atoms with van der Waals surface area (Å²) in [6, 6.07) is 10.3. The number of pyridine rings is 1. The number of H-pyrrole nitrogens is 2. The van der Waals surface area contributed by atoms with Gasteiger partial charge in [-0.1, -0.05) is 0 Å². The van der Waals surface area contributed by atoms with Crippen molar-refractivity contribution in [3.05, 3.63) is 76.6 Å². The minimum atomic E-state index is -0.366. The summed E-state index contributed by atoms with van der Waals surface area (Å²) in [6.45, 7) is 0.547. The minimum absolute atomic E-state index is 0.223. The number of hydrogen-bond acceptors (Lipinski definition) is 5. The maximum absolute atomic E-state index is 12.9. The van der Waals surface area contributed by atoms with E-state index in [4.69, 9.17) is 8.83 Å². The van der Waals surface area contributed by atoms with Crippen molar-refractivity contribution in [3.63, 3.8) is 0 Å². The molecule has 0 bridgehead atoms. The van der Waals surface area contributed by atoms with Gasteiger partial charge in [-0.05, 0) is 36.4 Å². The van der Waals surface area contributed by atoms with Crippen molar-refractivity contribution in [1.29, 1.82) is 0 Å². The van der Waals surface area contributed by atoms with E-state index < -0.39 is 0 Å². The molecule has 0 spiro atoms. The van der Waals surface area contributed by atoms with E-state index >= 15 is 0 Å². The van der Waals surface area contributed by atoms with E-state index in [1.54, 1.807) is 53.8 Å². The van der Waals surface area contributed by atoms with E-state index in [0.717, 1.165) is 0 Å².